The fourth-order valence-electron chi connectivity index (χ4n) is 3.07. The van der Waals surface area contributed by atoms with Gasteiger partial charge in [-0.25, -0.2) is 4.98 Å². The first-order valence-corrected chi connectivity index (χ1v) is 7.38. The Hall–Kier alpha value is -1.56. The standard InChI is InChI=1S/C16H20N4O.2ClH/c17-10-12-4-2-6-14(12)16(21)20-13-5-1-3-11(9-13)15-18-7-8-19-15;;/h1,3,5,7-9,12,14H,2,4,6,10,17H2,(H,18,19)(H,20,21);2*1H/t12-,14-;;/m1../s1. The van der Waals surface area contributed by atoms with Crippen molar-refractivity contribution in [3.8, 4) is 11.4 Å². The Kier molecular flexibility index (Phi) is 7.55. The number of nitrogens with two attached hydrogens (primary N) is 1. The van der Waals surface area contributed by atoms with E-state index in [1.165, 1.54) is 0 Å². The van der Waals surface area contributed by atoms with Crippen molar-refractivity contribution in [2.75, 3.05) is 11.9 Å². The number of rotatable bonds is 4. The Morgan fingerprint density at radius 1 is 1.35 bits per heavy atom. The molecule has 7 heteroatoms. The molecular weight excluding hydrogens is 335 g/mol. The number of carbonyl (C=O) groups is 1. The number of imidazole rings is 1. The zero-order valence-corrected chi connectivity index (χ0v) is 14.3. The van der Waals surface area contributed by atoms with Gasteiger partial charge in [-0.2, -0.15) is 0 Å². The van der Waals surface area contributed by atoms with Crippen LogP contribution in [0.25, 0.3) is 11.4 Å². The van der Waals surface area contributed by atoms with E-state index in [-0.39, 0.29) is 36.6 Å². The first-order valence-electron chi connectivity index (χ1n) is 7.38. The molecule has 0 unspecified atom stereocenters. The summed E-state index contributed by atoms with van der Waals surface area (Å²) in [4.78, 5) is 19.7. The number of anilines is 1. The lowest BCUT2D eigenvalue weighted by atomic mass is 9.95. The zero-order valence-electron chi connectivity index (χ0n) is 12.7. The average molecular weight is 357 g/mol. The number of carbonyl (C=O) groups excluding carboxylic acids is 1. The highest BCUT2D eigenvalue weighted by molar-refractivity contribution is 5.93. The van der Waals surface area contributed by atoms with Gasteiger partial charge in [0.15, 0.2) is 0 Å². The molecule has 1 aromatic carbocycles. The van der Waals surface area contributed by atoms with Crippen molar-refractivity contribution in [3.05, 3.63) is 36.7 Å². The lowest BCUT2D eigenvalue weighted by Gasteiger charge is -2.17. The number of aromatic amines is 1. The van der Waals surface area contributed by atoms with E-state index in [4.69, 9.17) is 5.73 Å². The van der Waals surface area contributed by atoms with Gasteiger partial charge in [0.25, 0.3) is 0 Å². The Labute approximate surface area is 148 Å². The monoisotopic (exact) mass is 356 g/mol. The number of H-pyrrole nitrogens is 1. The molecule has 2 atom stereocenters. The van der Waals surface area contributed by atoms with E-state index in [1.807, 2.05) is 24.3 Å². The Morgan fingerprint density at radius 3 is 2.87 bits per heavy atom. The van der Waals surface area contributed by atoms with E-state index in [0.29, 0.717) is 12.5 Å². The predicted octanol–water partition coefficient (Wildman–Crippen LogP) is 3.23. The Balaban J connectivity index is 0.00000132. The van der Waals surface area contributed by atoms with Crippen LogP contribution in [0.15, 0.2) is 36.7 Å². The van der Waals surface area contributed by atoms with E-state index < -0.39 is 0 Å². The predicted molar refractivity (Wildman–Crippen MR) is 97.0 cm³/mol. The lowest BCUT2D eigenvalue weighted by Crippen LogP contribution is -2.29. The number of nitrogens with zero attached hydrogens (tertiary/aromatic N) is 1. The van der Waals surface area contributed by atoms with Gasteiger partial charge in [0.05, 0.1) is 0 Å². The van der Waals surface area contributed by atoms with Gasteiger partial charge in [0.1, 0.15) is 5.82 Å². The van der Waals surface area contributed by atoms with E-state index >= 15 is 0 Å². The van der Waals surface area contributed by atoms with Crippen molar-refractivity contribution in [2.45, 2.75) is 19.3 Å². The number of aromatic nitrogens is 2. The SMILES string of the molecule is Cl.Cl.NC[C@H]1CCC[C@H]1C(=O)Nc1cccc(-c2ncc[nH]2)c1. The second-order valence-electron chi connectivity index (χ2n) is 5.54. The molecule has 4 N–H and O–H groups in total. The van der Waals surface area contributed by atoms with Crippen LogP contribution in [0.1, 0.15) is 19.3 Å². The van der Waals surface area contributed by atoms with Crippen molar-refractivity contribution < 1.29 is 4.79 Å². The maximum Gasteiger partial charge on any atom is 0.227 e. The molecule has 0 aliphatic heterocycles. The second kappa shape index (κ2) is 8.91. The highest BCUT2D eigenvalue weighted by Gasteiger charge is 2.31. The van der Waals surface area contributed by atoms with Crippen LogP contribution in [-0.4, -0.2) is 22.4 Å². The number of halogens is 2. The minimum atomic E-state index is 0. The molecular formula is C16H22Cl2N4O. The largest absolute Gasteiger partial charge is 0.345 e. The fourth-order valence-corrected chi connectivity index (χ4v) is 3.07. The van der Waals surface area contributed by atoms with E-state index in [0.717, 1.165) is 36.3 Å². The molecule has 126 valence electrons. The number of nitrogens with one attached hydrogen (secondary N) is 2. The van der Waals surface area contributed by atoms with Crippen LogP contribution < -0.4 is 11.1 Å². The van der Waals surface area contributed by atoms with Crippen molar-refractivity contribution in [2.24, 2.45) is 17.6 Å². The average Bonchev–Trinajstić information content (AvgIpc) is 3.18. The summed E-state index contributed by atoms with van der Waals surface area (Å²) in [6, 6.07) is 7.72. The van der Waals surface area contributed by atoms with Gasteiger partial charge in [0, 0.05) is 29.6 Å². The molecule has 1 aliphatic rings. The van der Waals surface area contributed by atoms with Crippen LogP contribution >= 0.6 is 24.8 Å². The number of amides is 1. The third-order valence-corrected chi connectivity index (χ3v) is 4.20. The van der Waals surface area contributed by atoms with Gasteiger partial charge in [0.2, 0.25) is 5.91 Å². The van der Waals surface area contributed by atoms with Crippen molar-refractivity contribution in [3.63, 3.8) is 0 Å². The summed E-state index contributed by atoms with van der Waals surface area (Å²) in [5, 5.41) is 3.01. The Bertz CT molecular complexity index is 618. The topological polar surface area (TPSA) is 83.8 Å². The van der Waals surface area contributed by atoms with Crippen molar-refractivity contribution in [1.82, 2.24) is 9.97 Å². The minimum Gasteiger partial charge on any atom is -0.345 e. The van der Waals surface area contributed by atoms with Crippen LogP contribution in [0.2, 0.25) is 0 Å². The van der Waals surface area contributed by atoms with Gasteiger partial charge in [-0.05, 0) is 37.4 Å². The minimum absolute atomic E-state index is 0. The van der Waals surface area contributed by atoms with Crippen LogP contribution in [0.5, 0.6) is 0 Å². The van der Waals surface area contributed by atoms with Crippen molar-refractivity contribution in [1.29, 1.82) is 0 Å². The summed E-state index contributed by atoms with van der Waals surface area (Å²) < 4.78 is 0. The molecule has 1 heterocycles. The van der Waals surface area contributed by atoms with Gasteiger partial charge >= 0.3 is 0 Å². The summed E-state index contributed by atoms with van der Waals surface area (Å²) in [6.07, 6.45) is 6.58. The molecule has 5 nitrogen and oxygen atoms in total. The molecule has 2 aromatic rings. The molecule has 1 aromatic heterocycles. The van der Waals surface area contributed by atoms with Gasteiger partial charge < -0.3 is 16.0 Å². The summed E-state index contributed by atoms with van der Waals surface area (Å²) in [5.74, 6) is 1.24. The Morgan fingerprint density at radius 2 is 2.17 bits per heavy atom. The normalized spacial score (nSPS) is 19.5. The van der Waals surface area contributed by atoms with Gasteiger partial charge in [-0.1, -0.05) is 18.6 Å². The van der Waals surface area contributed by atoms with E-state index in [1.54, 1.807) is 12.4 Å². The highest BCUT2D eigenvalue weighted by Crippen LogP contribution is 2.32. The smallest absolute Gasteiger partial charge is 0.227 e. The molecule has 0 bridgehead atoms. The fraction of sp³-hybridized carbons (Fsp3) is 0.375. The zero-order chi connectivity index (χ0) is 14.7. The van der Waals surface area contributed by atoms with Crippen LogP contribution in [-0.2, 0) is 4.79 Å². The molecule has 3 rings (SSSR count). The van der Waals surface area contributed by atoms with Gasteiger partial charge in [-0.3, -0.25) is 4.79 Å². The molecule has 1 aliphatic carbocycles. The number of benzene rings is 1. The molecule has 1 fully saturated rings. The second-order valence-corrected chi connectivity index (χ2v) is 5.54. The summed E-state index contributed by atoms with van der Waals surface area (Å²) in [6.45, 7) is 0.588. The maximum atomic E-state index is 12.4. The number of hydrogen-bond donors (Lipinski definition) is 3. The van der Waals surface area contributed by atoms with E-state index in [9.17, 15) is 4.79 Å². The summed E-state index contributed by atoms with van der Waals surface area (Å²) >= 11 is 0. The first kappa shape index (κ1) is 19.5. The molecule has 0 radical (unpaired) electrons. The highest BCUT2D eigenvalue weighted by atomic mass is 35.5. The molecule has 23 heavy (non-hydrogen) atoms. The summed E-state index contributed by atoms with van der Waals surface area (Å²) in [5.41, 5.74) is 7.51. The number of hydrogen-bond acceptors (Lipinski definition) is 3. The van der Waals surface area contributed by atoms with Crippen LogP contribution in [0.4, 0.5) is 5.69 Å². The third kappa shape index (κ3) is 4.47. The van der Waals surface area contributed by atoms with E-state index in [2.05, 4.69) is 15.3 Å². The molecule has 1 saturated carbocycles. The van der Waals surface area contributed by atoms with Crippen molar-refractivity contribution >= 4 is 36.4 Å². The van der Waals surface area contributed by atoms with Gasteiger partial charge in [-0.15, -0.1) is 24.8 Å². The third-order valence-electron chi connectivity index (χ3n) is 4.20. The molecule has 1 amide bonds. The van der Waals surface area contributed by atoms with Crippen LogP contribution in [0, 0.1) is 11.8 Å². The molecule has 0 saturated heterocycles. The van der Waals surface area contributed by atoms with Crippen LogP contribution in [0.3, 0.4) is 0 Å². The maximum absolute atomic E-state index is 12.4. The molecule has 0 spiro atoms. The quantitative estimate of drug-likeness (QED) is 0.786. The first-order chi connectivity index (χ1) is 10.3. The lowest BCUT2D eigenvalue weighted by molar-refractivity contribution is -0.120. The summed E-state index contributed by atoms with van der Waals surface area (Å²) in [7, 11) is 0.